The summed E-state index contributed by atoms with van der Waals surface area (Å²) in [5, 5.41) is 2.92. The average molecular weight is 317 g/mol. The Balaban J connectivity index is 1.86. The zero-order valence-electron chi connectivity index (χ0n) is 14.6. The summed E-state index contributed by atoms with van der Waals surface area (Å²) in [5.74, 6) is 0.957. The highest BCUT2D eigenvalue weighted by Crippen LogP contribution is 2.19. The Labute approximate surface area is 140 Å². The second-order valence-electron chi connectivity index (χ2n) is 7.07. The fraction of sp³-hybridized carbons (Fsp3) is 0.632. The first-order valence-electron chi connectivity index (χ1n) is 8.86. The van der Waals surface area contributed by atoms with Crippen molar-refractivity contribution in [1.82, 2.24) is 10.2 Å². The lowest BCUT2D eigenvalue weighted by Crippen LogP contribution is -2.43. The van der Waals surface area contributed by atoms with Gasteiger partial charge in [0.1, 0.15) is 0 Å². The van der Waals surface area contributed by atoms with Crippen LogP contribution < -0.4 is 11.1 Å². The third-order valence-corrected chi connectivity index (χ3v) is 4.39. The molecule has 128 valence electrons. The fourth-order valence-electron chi connectivity index (χ4n) is 3.26. The number of nitrogens with two attached hydrogens (primary N) is 1. The van der Waals surface area contributed by atoms with Crippen molar-refractivity contribution in [2.75, 3.05) is 26.2 Å². The molecule has 0 aromatic heterocycles. The number of amides is 1. The van der Waals surface area contributed by atoms with Crippen LogP contribution in [0, 0.1) is 11.8 Å². The zero-order valence-corrected chi connectivity index (χ0v) is 14.6. The Morgan fingerprint density at radius 1 is 1.30 bits per heavy atom. The molecule has 23 heavy (non-hydrogen) atoms. The first-order chi connectivity index (χ1) is 11.1. The summed E-state index contributed by atoms with van der Waals surface area (Å²) in [6.07, 6.45) is 3.21. The molecule has 1 heterocycles. The van der Waals surface area contributed by atoms with Gasteiger partial charge in [0.05, 0.1) is 5.92 Å². The molecule has 4 heteroatoms. The van der Waals surface area contributed by atoms with Crippen LogP contribution in [-0.4, -0.2) is 37.0 Å². The summed E-state index contributed by atoms with van der Waals surface area (Å²) >= 11 is 0. The molecule has 0 aliphatic carbocycles. The van der Waals surface area contributed by atoms with E-state index in [1.807, 2.05) is 0 Å². The van der Waals surface area contributed by atoms with Gasteiger partial charge in [0.25, 0.3) is 0 Å². The molecule has 1 fully saturated rings. The number of carbonyl (C=O) groups is 1. The highest BCUT2D eigenvalue weighted by Gasteiger charge is 2.25. The molecule has 0 spiro atoms. The van der Waals surface area contributed by atoms with E-state index in [-0.39, 0.29) is 11.8 Å². The van der Waals surface area contributed by atoms with E-state index in [0.717, 1.165) is 38.9 Å². The van der Waals surface area contributed by atoms with Crippen LogP contribution in [-0.2, 0) is 17.8 Å². The van der Waals surface area contributed by atoms with Crippen LogP contribution in [0.3, 0.4) is 0 Å². The van der Waals surface area contributed by atoms with E-state index >= 15 is 0 Å². The van der Waals surface area contributed by atoms with Gasteiger partial charge in [-0.05, 0) is 42.9 Å². The number of nitrogens with one attached hydrogen (secondary N) is 1. The van der Waals surface area contributed by atoms with E-state index in [0.29, 0.717) is 19.0 Å². The second kappa shape index (κ2) is 9.04. The topological polar surface area (TPSA) is 58.4 Å². The van der Waals surface area contributed by atoms with Crippen molar-refractivity contribution in [2.45, 2.75) is 39.7 Å². The SMILES string of the molecule is CC(C)Cc1ccc(CN2CCCC(C(=O)NCCN)C2)cc1. The Bertz CT molecular complexity index is 484. The summed E-state index contributed by atoms with van der Waals surface area (Å²) in [7, 11) is 0. The van der Waals surface area contributed by atoms with Gasteiger partial charge in [0.15, 0.2) is 0 Å². The minimum Gasteiger partial charge on any atom is -0.355 e. The molecular weight excluding hydrogens is 286 g/mol. The molecule has 1 aliphatic rings. The van der Waals surface area contributed by atoms with Gasteiger partial charge in [-0.15, -0.1) is 0 Å². The number of nitrogens with zero attached hydrogens (tertiary/aromatic N) is 1. The van der Waals surface area contributed by atoms with Gasteiger partial charge < -0.3 is 11.1 Å². The Kier molecular flexibility index (Phi) is 7.06. The number of hydrogen-bond donors (Lipinski definition) is 2. The molecule has 1 amide bonds. The normalized spacial score (nSPS) is 19.0. The number of rotatable bonds is 7. The van der Waals surface area contributed by atoms with Crippen molar-refractivity contribution >= 4 is 5.91 Å². The number of hydrogen-bond acceptors (Lipinski definition) is 3. The van der Waals surface area contributed by atoms with Crippen molar-refractivity contribution in [1.29, 1.82) is 0 Å². The summed E-state index contributed by atoms with van der Waals surface area (Å²) in [4.78, 5) is 14.5. The summed E-state index contributed by atoms with van der Waals surface area (Å²) < 4.78 is 0. The van der Waals surface area contributed by atoms with Gasteiger partial charge >= 0.3 is 0 Å². The third kappa shape index (κ3) is 5.96. The van der Waals surface area contributed by atoms with E-state index in [2.05, 4.69) is 48.3 Å². The standard InChI is InChI=1S/C19H31N3O/c1-15(2)12-16-5-7-17(8-6-16)13-22-11-3-4-18(14-22)19(23)21-10-9-20/h5-8,15,18H,3-4,9-14,20H2,1-2H3,(H,21,23). The maximum atomic E-state index is 12.1. The smallest absolute Gasteiger partial charge is 0.224 e. The monoisotopic (exact) mass is 317 g/mol. The molecule has 1 aromatic rings. The van der Waals surface area contributed by atoms with Crippen LogP contribution >= 0.6 is 0 Å². The zero-order chi connectivity index (χ0) is 16.7. The number of benzene rings is 1. The first kappa shape index (κ1) is 18.0. The van der Waals surface area contributed by atoms with Gasteiger partial charge in [0.2, 0.25) is 5.91 Å². The summed E-state index contributed by atoms with van der Waals surface area (Å²) in [6, 6.07) is 8.95. The minimum absolute atomic E-state index is 0.107. The molecule has 0 bridgehead atoms. The van der Waals surface area contributed by atoms with Crippen LogP contribution in [0.25, 0.3) is 0 Å². The minimum atomic E-state index is 0.107. The molecule has 0 radical (unpaired) electrons. The second-order valence-corrected chi connectivity index (χ2v) is 7.07. The Hall–Kier alpha value is -1.39. The molecule has 3 N–H and O–H groups in total. The highest BCUT2D eigenvalue weighted by molar-refractivity contribution is 5.78. The van der Waals surface area contributed by atoms with Gasteiger partial charge in [-0.3, -0.25) is 9.69 Å². The van der Waals surface area contributed by atoms with Gasteiger partial charge in [-0.25, -0.2) is 0 Å². The van der Waals surface area contributed by atoms with Crippen LogP contribution in [0.1, 0.15) is 37.8 Å². The van der Waals surface area contributed by atoms with Crippen LogP contribution in [0.15, 0.2) is 24.3 Å². The van der Waals surface area contributed by atoms with Gasteiger partial charge in [-0.1, -0.05) is 38.1 Å². The van der Waals surface area contributed by atoms with Crippen LogP contribution in [0.2, 0.25) is 0 Å². The van der Waals surface area contributed by atoms with Crippen molar-refractivity contribution in [3.05, 3.63) is 35.4 Å². The number of likely N-dealkylation sites (tertiary alicyclic amines) is 1. The fourth-order valence-corrected chi connectivity index (χ4v) is 3.26. The molecule has 2 rings (SSSR count). The largest absolute Gasteiger partial charge is 0.355 e. The van der Waals surface area contributed by atoms with E-state index in [4.69, 9.17) is 5.73 Å². The lowest BCUT2D eigenvalue weighted by atomic mass is 9.96. The van der Waals surface area contributed by atoms with Crippen LogP contribution in [0.4, 0.5) is 0 Å². The predicted octanol–water partition coefficient (Wildman–Crippen LogP) is 2.17. The van der Waals surface area contributed by atoms with E-state index in [1.54, 1.807) is 0 Å². The molecule has 0 saturated carbocycles. The lowest BCUT2D eigenvalue weighted by molar-refractivity contribution is -0.126. The average Bonchev–Trinajstić information content (AvgIpc) is 2.54. The maximum Gasteiger partial charge on any atom is 0.224 e. The molecular formula is C19H31N3O. The Morgan fingerprint density at radius 2 is 2.00 bits per heavy atom. The molecule has 4 nitrogen and oxygen atoms in total. The quantitative estimate of drug-likeness (QED) is 0.810. The lowest BCUT2D eigenvalue weighted by Gasteiger charge is -2.32. The third-order valence-electron chi connectivity index (χ3n) is 4.39. The van der Waals surface area contributed by atoms with Crippen LogP contribution in [0.5, 0.6) is 0 Å². The van der Waals surface area contributed by atoms with Gasteiger partial charge in [-0.2, -0.15) is 0 Å². The van der Waals surface area contributed by atoms with Crippen molar-refractivity contribution in [3.8, 4) is 0 Å². The maximum absolute atomic E-state index is 12.1. The van der Waals surface area contributed by atoms with Gasteiger partial charge in [0, 0.05) is 26.2 Å². The van der Waals surface area contributed by atoms with Crippen molar-refractivity contribution in [3.63, 3.8) is 0 Å². The Morgan fingerprint density at radius 3 is 2.65 bits per heavy atom. The predicted molar refractivity (Wildman–Crippen MR) is 95.0 cm³/mol. The molecule has 1 unspecified atom stereocenters. The number of carbonyl (C=O) groups excluding carboxylic acids is 1. The first-order valence-corrected chi connectivity index (χ1v) is 8.86. The summed E-state index contributed by atoms with van der Waals surface area (Å²) in [6.45, 7) is 8.44. The highest BCUT2D eigenvalue weighted by atomic mass is 16.1. The summed E-state index contributed by atoms with van der Waals surface area (Å²) in [5.41, 5.74) is 8.19. The number of piperidine rings is 1. The van der Waals surface area contributed by atoms with E-state index < -0.39 is 0 Å². The van der Waals surface area contributed by atoms with Crippen molar-refractivity contribution < 1.29 is 4.79 Å². The molecule has 1 aliphatic heterocycles. The van der Waals surface area contributed by atoms with E-state index in [9.17, 15) is 4.79 Å². The molecule has 1 saturated heterocycles. The molecule has 1 aromatic carbocycles. The van der Waals surface area contributed by atoms with Crippen molar-refractivity contribution in [2.24, 2.45) is 17.6 Å². The molecule has 1 atom stereocenters. The van der Waals surface area contributed by atoms with E-state index in [1.165, 1.54) is 11.1 Å².